The molecule has 0 spiro atoms. The van der Waals surface area contributed by atoms with Crippen LogP contribution in [0.2, 0.25) is 0 Å². The minimum Gasteiger partial charge on any atom is -0.392 e. The van der Waals surface area contributed by atoms with Crippen LogP contribution in [0.15, 0.2) is 0 Å². The Hall–Kier alpha value is -0.120. The SMILES string of the molecule is CN1C[C@H](O)C[C@H]1O. The average molecular weight is 117 g/mol. The van der Waals surface area contributed by atoms with Crippen molar-refractivity contribution in [3.63, 3.8) is 0 Å². The van der Waals surface area contributed by atoms with Gasteiger partial charge in [-0.05, 0) is 7.05 Å². The van der Waals surface area contributed by atoms with E-state index in [2.05, 4.69) is 0 Å². The molecule has 0 aromatic heterocycles. The molecule has 1 rings (SSSR count). The molecule has 0 aliphatic carbocycles. The van der Waals surface area contributed by atoms with Crippen LogP contribution in [0.25, 0.3) is 0 Å². The minimum atomic E-state index is -0.426. The molecule has 1 saturated heterocycles. The van der Waals surface area contributed by atoms with Crippen molar-refractivity contribution in [2.24, 2.45) is 0 Å². The number of rotatable bonds is 0. The molecule has 0 aromatic rings. The van der Waals surface area contributed by atoms with Crippen LogP contribution >= 0.6 is 0 Å². The normalized spacial score (nSPS) is 40.9. The van der Waals surface area contributed by atoms with Gasteiger partial charge < -0.3 is 10.2 Å². The Bertz CT molecular complexity index is 76.5. The van der Waals surface area contributed by atoms with Gasteiger partial charge in [0.25, 0.3) is 0 Å². The van der Waals surface area contributed by atoms with E-state index in [9.17, 15) is 0 Å². The number of aliphatic hydroxyl groups is 2. The van der Waals surface area contributed by atoms with Crippen molar-refractivity contribution in [2.75, 3.05) is 13.6 Å². The number of hydrogen-bond acceptors (Lipinski definition) is 3. The fraction of sp³-hybridized carbons (Fsp3) is 1.00. The van der Waals surface area contributed by atoms with Crippen LogP contribution in [-0.2, 0) is 0 Å². The first-order valence-corrected chi connectivity index (χ1v) is 2.76. The first kappa shape index (κ1) is 6.01. The van der Waals surface area contributed by atoms with E-state index in [1.165, 1.54) is 0 Å². The number of nitrogens with zero attached hydrogens (tertiary/aromatic N) is 1. The summed E-state index contributed by atoms with van der Waals surface area (Å²) >= 11 is 0. The van der Waals surface area contributed by atoms with Crippen molar-refractivity contribution in [1.29, 1.82) is 0 Å². The zero-order valence-electron chi connectivity index (χ0n) is 4.91. The fourth-order valence-corrected chi connectivity index (χ4v) is 0.952. The summed E-state index contributed by atoms with van der Waals surface area (Å²) in [6, 6.07) is 0. The monoisotopic (exact) mass is 117 g/mol. The van der Waals surface area contributed by atoms with Crippen molar-refractivity contribution in [3.05, 3.63) is 0 Å². The predicted octanol–water partition coefficient (Wildman–Crippen LogP) is -0.999. The number of β-amino-alcohol motifs (C(OH)–C–C–N with tert-alkyl or cyclic N) is 1. The Kier molecular flexibility index (Phi) is 1.51. The third-order valence-electron chi connectivity index (χ3n) is 1.49. The van der Waals surface area contributed by atoms with Crippen LogP contribution < -0.4 is 0 Å². The number of aliphatic hydroxyl groups excluding tert-OH is 2. The lowest BCUT2D eigenvalue weighted by molar-refractivity contribution is 0.0564. The average Bonchev–Trinajstić information content (AvgIpc) is 1.85. The molecular formula is C5H11NO2. The molecular weight excluding hydrogens is 106 g/mol. The second kappa shape index (κ2) is 2.01. The van der Waals surface area contributed by atoms with E-state index >= 15 is 0 Å². The van der Waals surface area contributed by atoms with Gasteiger partial charge in [0.15, 0.2) is 0 Å². The van der Waals surface area contributed by atoms with Crippen LogP contribution in [0.5, 0.6) is 0 Å². The van der Waals surface area contributed by atoms with E-state index in [-0.39, 0.29) is 6.10 Å². The molecule has 1 aliphatic rings. The van der Waals surface area contributed by atoms with Gasteiger partial charge >= 0.3 is 0 Å². The van der Waals surface area contributed by atoms with Gasteiger partial charge in [-0.1, -0.05) is 0 Å². The van der Waals surface area contributed by atoms with E-state index in [1.807, 2.05) is 0 Å². The molecule has 1 fully saturated rings. The molecule has 3 heteroatoms. The van der Waals surface area contributed by atoms with E-state index in [0.29, 0.717) is 13.0 Å². The van der Waals surface area contributed by atoms with E-state index in [0.717, 1.165) is 0 Å². The predicted molar refractivity (Wildman–Crippen MR) is 29.3 cm³/mol. The second-order valence-corrected chi connectivity index (χ2v) is 2.31. The topological polar surface area (TPSA) is 43.7 Å². The molecule has 1 heterocycles. The van der Waals surface area contributed by atoms with Crippen LogP contribution in [0, 0.1) is 0 Å². The minimum absolute atomic E-state index is 0.324. The maximum atomic E-state index is 8.93. The van der Waals surface area contributed by atoms with Crippen LogP contribution in [0.1, 0.15) is 6.42 Å². The molecule has 1 aliphatic heterocycles. The first-order valence-electron chi connectivity index (χ1n) is 2.76. The van der Waals surface area contributed by atoms with Crippen molar-refractivity contribution >= 4 is 0 Å². The zero-order valence-corrected chi connectivity index (χ0v) is 4.91. The van der Waals surface area contributed by atoms with Crippen molar-refractivity contribution in [3.8, 4) is 0 Å². The summed E-state index contributed by atoms with van der Waals surface area (Å²) in [5.74, 6) is 0. The molecule has 0 radical (unpaired) electrons. The molecule has 0 saturated carbocycles. The molecule has 0 aromatic carbocycles. The highest BCUT2D eigenvalue weighted by Crippen LogP contribution is 2.11. The Morgan fingerprint density at radius 3 is 2.25 bits per heavy atom. The summed E-state index contributed by atoms with van der Waals surface area (Å²) in [4.78, 5) is 1.73. The maximum Gasteiger partial charge on any atom is 0.109 e. The summed E-state index contributed by atoms with van der Waals surface area (Å²) in [5, 5.41) is 17.8. The molecule has 0 unspecified atom stereocenters. The maximum absolute atomic E-state index is 8.93. The second-order valence-electron chi connectivity index (χ2n) is 2.31. The fourth-order valence-electron chi connectivity index (χ4n) is 0.952. The largest absolute Gasteiger partial charge is 0.392 e. The van der Waals surface area contributed by atoms with Gasteiger partial charge in [0.05, 0.1) is 6.10 Å². The van der Waals surface area contributed by atoms with Crippen LogP contribution in [-0.4, -0.2) is 41.0 Å². The van der Waals surface area contributed by atoms with Crippen LogP contribution in [0.3, 0.4) is 0 Å². The highest BCUT2D eigenvalue weighted by molar-refractivity contribution is 4.74. The van der Waals surface area contributed by atoms with Crippen LogP contribution in [0.4, 0.5) is 0 Å². The van der Waals surface area contributed by atoms with Gasteiger partial charge in [-0.2, -0.15) is 0 Å². The third-order valence-corrected chi connectivity index (χ3v) is 1.49. The summed E-state index contributed by atoms with van der Waals surface area (Å²) in [6.07, 6.45) is -0.253. The van der Waals surface area contributed by atoms with E-state index in [4.69, 9.17) is 10.2 Å². The van der Waals surface area contributed by atoms with Gasteiger partial charge in [0, 0.05) is 13.0 Å². The van der Waals surface area contributed by atoms with Crippen molar-refractivity contribution in [1.82, 2.24) is 4.90 Å². The number of likely N-dealkylation sites (N-methyl/N-ethyl adjacent to an activating group) is 1. The Labute approximate surface area is 48.5 Å². The molecule has 8 heavy (non-hydrogen) atoms. The Morgan fingerprint density at radius 1 is 1.50 bits per heavy atom. The highest BCUT2D eigenvalue weighted by Gasteiger charge is 2.25. The van der Waals surface area contributed by atoms with Gasteiger partial charge in [-0.3, -0.25) is 4.90 Å². The Balaban J connectivity index is 2.39. The van der Waals surface area contributed by atoms with Crippen molar-refractivity contribution in [2.45, 2.75) is 18.8 Å². The molecule has 3 nitrogen and oxygen atoms in total. The smallest absolute Gasteiger partial charge is 0.109 e. The molecule has 2 N–H and O–H groups in total. The van der Waals surface area contributed by atoms with Gasteiger partial charge in [-0.25, -0.2) is 0 Å². The number of likely N-dealkylation sites (tertiary alicyclic amines) is 1. The summed E-state index contributed by atoms with van der Waals surface area (Å²) in [6.45, 7) is 0.598. The Morgan fingerprint density at radius 2 is 2.12 bits per heavy atom. The summed E-state index contributed by atoms with van der Waals surface area (Å²) < 4.78 is 0. The first-order chi connectivity index (χ1) is 3.70. The van der Waals surface area contributed by atoms with E-state index < -0.39 is 6.23 Å². The van der Waals surface area contributed by atoms with Gasteiger partial charge in [0.2, 0.25) is 0 Å². The summed E-state index contributed by atoms with van der Waals surface area (Å²) in [5.41, 5.74) is 0. The lowest BCUT2D eigenvalue weighted by Gasteiger charge is -2.10. The lowest BCUT2D eigenvalue weighted by atomic mass is 10.3. The summed E-state index contributed by atoms with van der Waals surface area (Å²) in [7, 11) is 1.79. The van der Waals surface area contributed by atoms with E-state index in [1.54, 1.807) is 11.9 Å². The van der Waals surface area contributed by atoms with Gasteiger partial charge in [-0.15, -0.1) is 0 Å². The molecule has 0 amide bonds. The van der Waals surface area contributed by atoms with Gasteiger partial charge in [0.1, 0.15) is 6.23 Å². The molecule has 48 valence electrons. The molecule has 2 atom stereocenters. The third kappa shape index (κ3) is 0.992. The standard InChI is InChI=1S/C5H11NO2/c1-6-3-4(7)2-5(6)8/h4-5,7-8H,2-3H2,1H3/t4-,5-/m1/s1. The highest BCUT2D eigenvalue weighted by atomic mass is 16.3. The quantitative estimate of drug-likeness (QED) is 0.428. The lowest BCUT2D eigenvalue weighted by Crippen LogP contribution is -2.24. The zero-order chi connectivity index (χ0) is 6.15. The van der Waals surface area contributed by atoms with Crippen molar-refractivity contribution < 1.29 is 10.2 Å². The molecule has 0 bridgehead atoms. The number of hydrogen-bond donors (Lipinski definition) is 2.